The van der Waals surface area contributed by atoms with E-state index in [9.17, 15) is 5.11 Å². The molecule has 0 heterocycles. The van der Waals surface area contributed by atoms with E-state index in [0.717, 1.165) is 16.8 Å². The van der Waals surface area contributed by atoms with Gasteiger partial charge in [0.05, 0.1) is 11.4 Å². The standard InChI is InChI=1S/C14H15NO/c1-5-10(3)13(6-2)15-14-8-7-12(16)9-11(14)4/h5-9,16H,1-3H2,4H3. The molecule has 0 unspecified atom stereocenters. The van der Waals surface area contributed by atoms with Crippen LogP contribution in [0.15, 0.2) is 60.7 Å². The van der Waals surface area contributed by atoms with E-state index in [0.29, 0.717) is 5.71 Å². The van der Waals surface area contributed by atoms with Gasteiger partial charge in [-0.1, -0.05) is 25.8 Å². The van der Waals surface area contributed by atoms with E-state index in [1.54, 1.807) is 30.4 Å². The molecule has 1 aromatic rings. The number of phenolic OH excluding ortho intramolecular Hbond substituents is 1. The zero-order valence-corrected chi connectivity index (χ0v) is 9.40. The van der Waals surface area contributed by atoms with Crippen LogP contribution in [-0.2, 0) is 0 Å². The third kappa shape index (κ3) is 2.70. The number of aryl methyl sites for hydroxylation is 1. The zero-order valence-electron chi connectivity index (χ0n) is 9.40. The minimum Gasteiger partial charge on any atom is -0.508 e. The van der Waals surface area contributed by atoms with Gasteiger partial charge in [0, 0.05) is 0 Å². The minimum absolute atomic E-state index is 0.235. The molecule has 0 aliphatic rings. The van der Waals surface area contributed by atoms with Crippen LogP contribution in [0.4, 0.5) is 5.69 Å². The molecule has 0 atom stereocenters. The van der Waals surface area contributed by atoms with Crippen LogP contribution in [0, 0.1) is 6.92 Å². The summed E-state index contributed by atoms with van der Waals surface area (Å²) in [5.41, 5.74) is 3.10. The van der Waals surface area contributed by atoms with Crippen molar-refractivity contribution in [3.63, 3.8) is 0 Å². The third-order valence-corrected chi connectivity index (χ3v) is 2.19. The molecule has 2 heteroatoms. The molecular weight excluding hydrogens is 198 g/mol. The van der Waals surface area contributed by atoms with E-state index in [-0.39, 0.29) is 5.75 Å². The SMILES string of the molecule is C=CC(=C)C(C=C)=Nc1ccc(O)cc1C. The normalized spacial score (nSPS) is 10.9. The average Bonchev–Trinajstić information content (AvgIpc) is 2.27. The van der Waals surface area contributed by atoms with Gasteiger partial charge < -0.3 is 5.11 Å². The third-order valence-electron chi connectivity index (χ3n) is 2.19. The molecule has 0 radical (unpaired) electrons. The first-order chi connectivity index (χ1) is 7.58. The van der Waals surface area contributed by atoms with Crippen molar-refractivity contribution >= 4 is 11.4 Å². The van der Waals surface area contributed by atoms with Crippen LogP contribution >= 0.6 is 0 Å². The number of benzene rings is 1. The number of phenols is 1. The van der Waals surface area contributed by atoms with Gasteiger partial charge in [-0.15, -0.1) is 0 Å². The fourth-order valence-corrected chi connectivity index (χ4v) is 1.25. The first-order valence-corrected chi connectivity index (χ1v) is 4.91. The zero-order chi connectivity index (χ0) is 12.1. The molecule has 1 N–H and O–H groups in total. The number of aromatic hydroxyl groups is 1. The maximum atomic E-state index is 9.28. The molecule has 0 saturated heterocycles. The predicted octanol–water partition coefficient (Wildman–Crippen LogP) is 3.70. The summed E-state index contributed by atoms with van der Waals surface area (Å²) in [5, 5.41) is 9.28. The van der Waals surface area contributed by atoms with Gasteiger partial charge in [-0.2, -0.15) is 0 Å². The van der Waals surface area contributed by atoms with Crippen LogP contribution in [-0.4, -0.2) is 10.8 Å². The van der Waals surface area contributed by atoms with E-state index in [1.165, 1.54) is 0 Å². The summed E-state index contributed by atoms with van der Waals surface area (Å²) >= 11 is 0. The maximum Gasteiger partial charge on any atom is 0.115 e. The van der Waals surface area contributed by atoms with Crippen molar-refractivity contribution in [1.82, 2.24) is 0 Å². The van der Waals surface area contributed by atoms with Gasteiger partial charge in [-0.3, -0.25) is 0 Å². The van der Waals surface area contributed by atoms with Gasteiger partial charge in [0.2, 0.25) is 0 Å². The Balaban J connectivity index is 3.18. The lowest BCUT2D eigenvalue weighted by atomic mass is 10.1. The Labute approximate surface area is 96.0 Å². The molecule has 0 spiro atoms. The molecule has 0 aromatic heterocycles. The molecule has 0 saturated carbocycles. The largest absolute Gasteiger partial charge is 0.508 e. The Morgan fingerprint density at radius 3 is 2.50 bits per heavy atom. The van der Waals surface area contributed by atoms with Gasteiger partial charge in [0.25, 0.3) is 0 Å². The number of hydrogen-bond donors (Lipinski definition) is 1. The highest BCUT2D eigenvalue weighted by atomic mass is 16.3. The van der Waals surface area contributed by atoms with E-state index in [1.807, 2.05) is 6.92 Å². The van der Waals surface area contributed by atoms with Gasteiger partial charge >= 0.3 is 0 Å². The van der Waals surface area contributed by atoms with E-state index in [4.69, 9.17) is 0 Å². The van der Waals surface area contributed by atoms with Crippen LogP contribution in [0.2, 0.25) is 0 Å². The molecular formula is C14H15NO. The molecule has 0 amide bonds. The molecule has 2 nitrogen and oxygen atoms in total. The summed E-state index contributed by atoms with van der Waals surface area (Å²) in [7, 11) is 0. The van der Waals surface area contributed by atoms with Gasteiger partial charge in [-0.25, -0.2) is 4.99 Å². The number of aliphatic imine (C=N–C) groups is 1. The maximum absolute atomic E-state index is 9.28. The molecule has 0 aliphatic carbocycles. The van der Waals surface area contributed by atoms with Gasteiger partial charge in [0.1, 0.15) is 5.75 Å². The van der Waals surface area contributed by atoms with Crippen molar-refractivity contribution in [3.8, 4) is 5.75 Å². The second-order valence-corrected chi connectivity index (χ2v) is 3.40. The lowest BCUT2D eigenvalue weighted by molar-refractivity contribution is 0.475. The predicted molar refractivity (Wildman–Crippen MR) is 69.5 cm³/mol. The monoisotopic (exact) mass is 213 g/mol. The Morgan fingerprint density at radius 2 is 2.00 bits per heavy atom. The number of rotatable bonds is 4. The summed E-state index contributed by atoms with van der Waals surface area (Å²) in [4.78, 5) is 4.41. The van der Waals surface area contributed by atoms with Crippen molar-refractivity contribution in [1.29, 1.82) is 0 Å². The molecule has 0 fully saturated rings. The average molecular weight is 213 g/mol. The highest BCUT2D eigenvalue weighted by molar-refractivity contribution is 6.10. The lowest BCUT2D eigenvalue weighted by Crippen LogP contribution is -1.94. The smallest absolute Gasteiger partial charge is 0.115 e. The number of allylic oxidation sites excluding steroid dienone is 3. The second-order valence-electron chi connectivity index (χ2n) is 3.40. The van der Waals surface area contributed by atoms with Crippen LogP contribution < -0.4 is 0 Å². The fraction of sp³-hybridized carbons (Fsp3) is 0.0714. The van der Waals surface area contributed by atoms with E-state index < -0.39 is 0 Å². The minimum atomic E-state index is 0.235. The first-order valence-electron chi connectivity index (χ1n) is 4.91. The van der Waals surface area contributed by atoms with Crippen molar-refractivity contribution in [2.75, 3.05) is 0 Å². The van der Waals surface area contributed by atoms with E-state index >= 15 is 0 Å². The highest BCUT2D eigenvalue weighted by Crippen LogP contribution is 2.23. The summed E-state index contributed by atoms with van der Waals surface area (Å²) < 4.78 is 0. The molecule has 0 bridgehead atoms. The first kappa shape index (κ1) is 12.0. The lowest BCUT2D eigenvalue weighted by Gasteiger charge is -2.04. The summed E-state index contributed by atoms with van der Waals surface area (Å²) in [6, 6.07) is 5.02. The Morgan fingerprint density at radius 1 is 1.31 bits per heavy atom. The van der Waals surface area contributed by atoms with Crippen LogP contribution in [0.1, 0.15) is 5.56 Å². The Bertz CT molecular complexity index is 470. The Kier molecular flexibility index (Phi) is 3.84. The molecule has 82 valence electrons. The van der Waals surface area contributed by atoms with E-state index in [2.05, 4.69) is 24.7 Å². The van der Waals surface area contributed by atoms with Crippen molar-refractivity contribution in [2.24, 2.45) is 4.99 Å². The molecule has 16 heavy (non-hydrogen) atoms. The Hall–Kier alpha value is -2.09. The van der Waals surface area contributed by atoms with Crippen molar-refractivity contribution in [3.05, 3.63) is 61.2 Å². The summed E-state index contributed by atoms with van der Waals surface area (Å²) in [5.74, 6) is 0.235. The molecule has 1 rings (SSSR count). The molecule has 0 aliphatic heterocycles. The summed E-state index contributed by atoms with van der Waals surface area (Å²) in [6.07, 6.45) is 3.27. The number of nitrogens with zero attached hydrogens (tertiary/aromatic N) is 1. The quantitative estimate of drug-likeness (QED) is 0.600. The second kappa shape index (κ2) is 5.12. The fourth-order valence-electron chi connectivity index (χ4n) is 1.25. The number of hydrogen-bond acceptors (Lipinski definition) is 2. The van der Waals surface area contributed by atoms with Crippen molar-refractivity contribution < 1.29 is 5.11 Å². The molecule has 1 aromatic carbocycles. The van der Waals surface area contributed by atoms with Crippen LogP contribution in [0.25, 0.3) is 0 Å². The van der Waals surface area contributed by atoms with Crippen molar-refractivity contribution in [2.45, 2.75) is 6.92 Å². The van der Waals surface area contributed by atoms with Crippen LogP contribution in [0.5, 0.6) is 5.75 Å². The van der Waals surface area contributed by atoms with Gasteiger partial charge in [-0.05, 0) is 42.3 Å². The highest BCUT2D eigenvalue weighted by Gasteiger charge is 2.01. The topological polar surface area (TPSA) is 32.6 Å². The van der Waals surface area contributed by atoms with Gasteiger partial charge in [0.15, 0.2) is 0 Å². The van der Waals surface area contributed by atoms with Crippen LogP contribution in [0.3, 0.4) is 0 Å². The summed E-state index contributed by atoms with van der Waals surface area (Å²) in [6.45, 7) is 13.0.